The number of rotatable bonds is 8. The predicted molar refractivity (Wildman–Crippen MR) is 100 cm³/mol. The maximum Gasteiger partial charge on any atom is 0.490 e. The molecule has 6 N–H and O–H groups in total. The fourth-order valence-corrected chi connectivity index (χ4v) is 5.53. The van der Waals surface area contributed by atoms with Crippen molar-refractivity contribution in [2.75, 3.05) is 6.61 Å². The highest BCUT2D eigenvalue weighted by atomic mass is 79.9. The van der Waals surface area contributed by atoms with Crippen LogP contribution in [0.4, 0.5) is 0 Å². The molecule has 20 heteroatoms. The van der Waals surface area contributed by atoms with Gasteiger partial charge in [-0.15, -0.1) is 0 Å². The van der Waals surface area contributed by atoms with Gasteiger partial charge in [-0.05, 0) is 15.9 Å². The molecule has 2 heterocycles. The number of hydrogen-bond acceptors (Lipinski definition) is 10. The number of ether oxygens (including phenoxy) is 1. The Morgan fingerprint density at radius 2 is 1.77 bits per heavy atom. The molecule has 0 aliphatic carbocycles. The highest BCUT2D eigenvalue weighted by molar-refractivity contribution is 9.10. The van der Waals surface area contributed by atoms with E-state index in [1.165, 1.54) is 0 Å². The van der Waals surface area contributed by atoms with Crippen molar-refractivity contribution >= 4 is 39.4 Å². The second-order valence-corrected chi connectivity index (χ2v) is 10.7. The number of halogens is 1. The smallest absolute Gasteiger partial charge is 0.390 e. The average Bonchev–Trinajstić information content (AvgIpc) is 2.86. The summed E-state index contributed by atoms with van der Waals surface area (Å²) in [5, 5.41) is 9.97. The first-order chi connectivity index (χ1) is 13.1. The van der Waals surface area contributed by atoms with Crippen LogP contribution in [-0.2, 0) is 31.6 Å². The zero-order chi connectivity index (χ0) is 22.2. The third-order valence-electron chi connectivity index (χ3n) is 3.26. The molecule has 0 radical (unpaired) electrons. The van der Waals surface area contributed by atoms with Crippen LogP contribution in [-0.4, -0.2) is 53.0 Å². The molecule has 1 aromatic rings. The van der Waals surface area contributed by atoms with E-state index in [1.807, 2.05) is 4.98 Å². The molecular weight excluding hydrogens is 545 g/mol. The zero-order valence-corrected chi connectivity index (χ0v) is 18.1. The molecule has 0 amide bonds. The van der Waals surface area contributed by atoms with Gasteiger partial charge < -0.3 is 29.4 Å². The molecule has 0 bridgehead atoms. The van der Waals surface area contributed by atoms with Crippen LogP contribution in [0.1, 0.15) is 20.1 Å². The molecule has 2 unspecified atom stereocenters. The molecule has 0 aromatic carbocycles. The first kappa shape index (κ1) is 27.5. The first-order valence-electron chi connectivity index (χ1n) is 7.21. The van der Waals surface area contributed by atoms with Crippen LogP contribution in [0.25, 0.3) is 0 Å². The SMILES string of the molecule is C.O=c1[nH]c(=O)n([C@H]2C[C@H](O)[C@@H](COP(=O)(O)OP(=O)(O)OP(=O)(O)O)O2)cc1Br. The maximum atomic E-state index is 11.8. The third-order valence-corrected chi connectivity index (χ3v) is 7.62. The Morgan fingerprint density at radius 1 is 1.17 bits per heavy atom. The summed E-state index contributed by atoms with van der Waals surface area (Å²) in [4.78, 5) is 60.5. The molecule has 2 rings (SSSR count). The van der Waals surface area contributed by atoms with Gasteiger partial charge in [0, 0.05) is 12.6 Å². The van der Waals surface area contributed by atoms with Gasteiger partial charge in [0.15, 0.2) is 0 Å². The lowest BCUT2D eigenvalue weighted by Gasteiger charge is -2.19. The van der Waals surface area contributed by atoms with Crippen molar-refractivity contribution in [3.8, 4) is 0 Å². The highest BCUT2D eigenvalue weighted by Gasteiger charge is 2.42. The molecule has 16 nitrogen and oxygen atoms in total. The minimum absolute atomic E-state index is 0. The number of hydrogen-bond donors (Lipinski definition) is 6. The van der Waals surface area contributed by atoms with E-state index < -0.39 is 59.8 Å². The molecule has 5 atom stereocenters. The number of phosphoric ester groups is 1. The van der Waals surface area contributed by atoms with Crippen LogP contribution in [0.2, 0.25) is 0 Å². The minimum Gasteiger partial charge on any atom is -0.390 e. The van der Waals surface area contributed by atoms with E-state index in [2.05, 4.69) is 29.1 Å². The van der Waals surface area contributed by atoms with Crippen molar-refractivity contribution in [3.05, 3.63) is 31.5 Å². The lowest BCUT2D eigenvalue weighted by atomic mass is 10.2. The molecule has 1 aromatic heterocycles. The third kappa shape index (κ3) is 7.88. The molecule has 174 valence electrons. The van der Waals surface area contributed by atoms with Gasteiger partial charge >= 0.3 is 29.2 Å². The van der Waals surface area contributed by atoms with E-state index >= 15 is 0 Å². The minimum atomic E-state index is -5.68. The maximum absolute atomic E-state index is 11.8. The Labute approximate surface area is 176 Å². The van der Waals surface area contributed by atoms with Crippen molar-refractivity contribution in [1.29, 1.82) is 0 Å². The first-order valence-corrected chi connectivity index (χ1v) is 12.5. The summed E-state index contributed by atoms with van der Waals surface area (Å²) in [6.45, 7) is -0.888. The summed E-state index contributed by atoms with van der Waals surface area (Å²) < 4.78 is 51.2. The van der Waals surface area contributed by atoms with Crippen molar-refractivity contribution in [3.63, 3.8) is 0 Å². The van der Waals surface area contributed by atoms with E-state index in [0.29, 0.717) is 0 Å². The van der Waals surface area contributed by atoms with Crippen LogP contribution in [0, 0.1) is 0 Å². The summed E-state index contributed by atoms with van der Waals surface area (Å²) in [5.41, 5.74) is -1.56. The second kappa shape index (κ2) is 9.96. The lowest BCUT2D eigenvalue weighted by Crippen LogP contribution is -2.32. The normalized spacial score (nSPS) is 25.9. The number of aromatic amines is 1. The number of nitrogens with one attached hydrogen (secondary N) is 1. The summed E-state index contributed by atoms with van der Waals surface area (Å²) in [7, 11) is -16.6. The van der Waals surface area contributed by atoms with Crippen molar-refractivity contribution in [2.45, 2.75) is 32.3 Å². The van der Waals surface area contributed by atoms with Gasteiger partial charge in [-0.25, -0.2) is 18.5 Å². The summed E-state index contributed by atoms with van der Waals surface area (Å²) >= 11 is 2.91. The fourth-order valence-electron chi connectivity index (χ4n) is 2.18. The topological polar surface area (TPSA) is 244 Å². The predicted octanol–water partition coefficient (Wildman–Crippen LogP) is -0.0731. The van der Waals surface area contributed by atoms with Gasteiger partial charge in [-0.1, -0.05) is 7.43 Å². The van der Waals surface area contributed by atoms with E-state index in [1.54, 1.807) is 0 Å². The lowest BCUT2D eigenvalue weighted by molar-refractivity contribution is -0.0450. The molecule has 0 saturated carbocycles. The quantitative estimate of drug-likeness (QED) is 0.227. The highest BCUT2D eigenvalue weighted by Crippen LogP contribution is 2.66. The molecule has 1 aliphatic heterocycles. The van der Waals surface area contributed by atoms with Crippen LogP contribution >= 0.6 is 39.4 Å². The molecular formula is C10H18BrN2O14P3. The van der Waals surface area contributed by atoms with Crippen LogP contribution in [0.15, 0.2) is 20.3 Å². The monoisotopic (exact) mass is 562 g/mol. The van der Waals surface area contributed by atoms with E-state index in [9.17, 15) is 33.3 Å². The standard InChI is InChI=1S/C9H14BrN2O14P3.CH4/c10-4-2-12(9(15)11-8(4)14)7-1-5(13)6(24-7)3-23-28(19,20)26-29(21,22)25-27(16,17)18;/h2,5-7,13H,1,3H2,(H,19,20)(H,21,22)(H,11,14,15)(H2,16,17,18);1H4/t5-,6+,7+;/m0./s1. The van der Waals surface area contributed by atoms with Gasteiger partial charge in [-0.3, -0.25) is 18.9 Å². The number of H-pyrrole nitrogens is 1. The zero-order valence-electron chi connectivity index (χ0n) is 13.8. The number of phosphoric acid groups is 3. The molecule has 1 aliphatic rings. The second-order valence-electron chi connectivity index (χ2n) is 5.46. The van der Waals surface area contributed by atoms with Gasteiger partial charge in [0.25, 0.3) is 5.56 Å². The summed E-state index contributed by atoms with van der Waals surface area (Å²) in [6.07, 6.45) is -2.83. The van der Waals surface area contributed by atoms with Gasteiger partial charge in [0.1, 0.15) is 12.3 Å². The number of nitrogens with zero attached hydrogens (tertiary/aromatic N) is 1. The van der Waals surface area contributed by atoms with Crippen LogP contribution < -0.4 is 11.2 Å². The van der Waals surface area contributed by atoms with Crippen molar-refractivity contribution in [1.82, 2.24) is 9.55 Å². The average molecular weight is 563 g/mol. The Hall–Kier alpha value is -0.510. The number of aromatic nitrogens is 2. The summed E-state index contributed by atoms with van der Waals surface area (Å²) in [6, 6.07) is 0. The Bertz CT molecular complexity index is 1020. The molecule has 1 fully saturated rings. The Balaban J connectivity index is 0.00000450. The van der Waals surface area contributed by atoms with Crippen LogP contribution in [0.3, 0.4) is 0 Å². The summed E-state index contributed by atoms with van der Waals surface area (Å²) in [5.74, 6) is 0. The molecule has 30 heavy (non-hydrogen) atoms. The van der Waals surface area contributed by atoms with Crippen LogP contribution in [0.5, 0.6) is 0 Å². The largest absolute Gasteiger partial charge is 0.490 e. The molecule has 1 saturated heterocycles. The van der Waals surface area contributed by atoms with Gasteiger partial charge in [0.2, 0.25) is 0 Å². The van der Waals surface area contributed by atoms with Crippen molar-refractivity contribution < 1.29 is 56.3 Å². The molecule has 0 spiro atoms. The number of aliphatic hydroxyl groups excluding tert-OH is 1. The van der Waals surface area contributed by atoms with E-state index in [0.717, 1.165) is 10.8 Å². The number of aliphatic hydroxyl groups is 1. The van der Waals surface area contributed by atoms with Gasteiger partial charge in [0.05, 0.1) is 17.2 Å². The van der Waals surface area contributed by atoms with Crippen molar-refractivity contribution in [2.24, 2.45) is 0 Å². The van der Waals surface area contributed by atoms with E-state index in [-0.39, 0.29) is 18.3 Å². The fraction of sp³-hybridized carbons (Fsp3) is 0.600. The van der Waals surface area contributed by atoms with Gasteiger partial charge in [-0.2, -0.15) is 8.62 Å². The Morgan fingerprint density at radius 3 is 2.33 bits per heavy atom. The Kier molecular flexibility index (Phi) is 9.14. The van der Waals surface area contributed by atoms with E-state index in [4.69, 9.17) is 19.4 Å².